The van der Waals surface area contributed by atoms with Crippen molar-refractivity contribution in [2.75, 3.05) is 0 Å². The van der Waals surface area contributed by atoms with Crippen molar-refractivity contribution in [2.24, 2.45) is 0 Å². The fourth-order valence-electron chi connectivity index (χ4n) is 2.53. The van der Waals surface area contributed by atoms with Gasteiger partial charge in [-0.25, -0.2) is 19.6 Å². The molecule has 132 valence electrons. The third-order valence-electron chi connectivity index (χ3n) is 3.88. The van der Waals surface area contributed by atoms with Gasteiger partial charge in [-0.15, -0.1) is 71.8 Å². The van der Waals surface area contributed by atoms with Crippen LogP contribution in [0.5, 0.6) is 0 Å². The second-order valence-electron chi connectivity index (χ2n) is 5.66. The van der Waals surface area contributed by atoms with Crippen molar-refractivity contribution in [1.82, 2.24) is 29.5 Å². The first-order valence-electron chi connectivity index (χ1n) is 7.98. The van der Waals surface area contributed by atoms with E-state index in [9.17, 15) is 0 Å². The molecule has 2 heterocycles. The van der Waals surface area contributed by atoms with E-state index >= 15 is 0 Å². The maximum absolute atomic E-state index is 4.58. The van der Waals surface area contributed by atoms with Gasteiger partial charge in [-0.2, -0.15) is 0 Å². The molecule has 0 unspecified atom stereocenters. The molecule has 6 nitrogen and oxygen atoms in total. The van der Waals surface area contributed by atoms with Crippen LogP contribution in [-0.2, 0) is 27.7 Å². The first-order chi connectivity index (χ1) is 12.2. The Bertz CT molecular complexity index is 910. The van der Waals surface area contributed by atoms with Gasteiger partial charge in [0.25, 0.3) is 0 Å². The molecular formula is C19H16N6Pt. The van der Waals surface area contributed by atoms with E-state index in [1.165, 1.54) is 0 Å². The molecule has 0 fully saturated rings. The molecule has 26 heavy (non-hydrogen) atoms. The molecule has 0 spiro atoms. The van der Waals surface area contributed by atoms with Crippen LogP contribution in [0.3, 0.4) is 0 Å². The van der Waals surface area contributed by atoms with Gasteiger partial charge in [0.2, 0.25) is 0 Å². The molecule has 0 N–H and O–H groups in total. The minimum absolute atomic E-state index is 0. The summed E-state index contributed by atoms with van der Waals surface area (Å²) in [6.45, 7) is 4.31. The summed E-state index contributed by atoms with van der Waals surface area (Å²) in [5.41, 5.74) is 1.75. The van der Waals surface area contributed by atoms with Crippen molar-refractivity contribution in [3.05, 3.63) is 72.3 Å². The van der Waals surface area contributed by atoms with Gasteiger partial charge in [0.05, 0.1) is 11.6 Å². The predicted octanol–water partition coefficient (Wildman–Crippen LogP) is 2.92. The first kappa shape index (κ1) is 18.2. The maximum atomic E-state index is 4.58. The normalized spacial score (nSPS) is 10.5. The Kier molecular flexibility index (Phi) is 5.43. The fraction of sp³-hybridized carbons (Fsp3) is 0.158. The van der Waals surface area contributed by atoms with Gasteiger partial charge in [0.1, 0.15) is 18.3 Å². The van der Waals surface area contributed by atoms with E-state index in [4.69, 9.17) is 0 Å². The summed E-state index contributed by atoms with van der Waals surface area (Å²) in [6, 6.07) is 21.7. The van der Waals surface area contributed by atoms with E-state index in [2.05, 4.69) is 32.3 Å². The molecule has 0 amide bonds. The summed E-state index contributed by atoms with van der Waals surface area (Å²) in [6.07, 6.45) is 0. The first-order valence-corrected chi connectivity index (χ1v) is 7.98. The molecule has 2 aromatic heterocycles. The van der Waals surface area contributed by atoms with Gasteiger partial charge in [-0.05, 0) is 13.8 Å². The van der Waals surface area contributed by atoms with E-state index in [0.717, 1.165) is 22.8 Å². The summed E-state index contributed by atoms with van der Waals surface area (Å²) in [5, 5.41) is 9.15. The molecule has 0 aliphatic rings. The average molecular weight is 523 g/mol. The standard InChI is InChI=1S/C19H16N6.Pt/c1-14-20-18(16-9-5-3-6-10-16)22-24(14)13-25-15(2)21-19(23-25)17-11-7-4-8-12-17;/h3-9,11H,13H2,1-2H3;/q-2;+2. The van der Waals surface area contributed by atoms with Crippen molar-refractivity contribution in [2.45, 2.75) is 20.5 Å². The number of hydrogen-bond acceptors (Lipinski definition) is 4. The van der Waals surface area contributed by atoms with Crippen LogP contribution in [0.2, 0.25) is 0 Å². The molecule has 0 saturated carbocycles. The van der Waals surface area contributed by atoms with Crippen LogP contribution in [0.4, 0.5) is 0 Å². The summed E-state index contributed by atoms with van der Waals surface area (Å²) in [4.78, 5) is 9.05. The van der Waals surface area contributed by atoms with E-state index in [1.54, 1.807) is 0 Å². The van der Waals surface area contributed by atoms with Crippen LogP contribution in [0.15, 0.2) is 48.5 Å². The van der Waals surface area contributed by atoms with Gasteiger partial charge in [-0.1, -0.05) is 0 Å². The average Bonchev–Trinajstić information content (AvgIpc) is 3.20. The van der Waals surface area contributed by atoms with Gasteiger partial charge in [0, 0.05) is 0 Å². The van der Waals surface area contributed by atoms with Crippen molar-refractivity contribution in [1.29, 1.82) is 0 Å². The Morgan fingerprint density at radius 2 is 1.23 bits per heavy atom. The van der Waals surface area contributed by atoms with Crippen LogP contribution in [0.25, 0.3) is 22.8 Å². The minimum atomic E-state index is 0. The van der Waals surface area contributed by atoms with Gasteiger partial charge in [0.15, 0.2) is 0 Å². The monoisotopic (exact) mass is 523 g/mol. The molecule has 0 bridgehead atoms. The topological polar surface area (TPSA) is 61.4 Å². The van der Waals surface area contributed by atoms with Crippen LogP contribution in [0.1, 0.15) is 11.6 Å². The SMILES string of the molecule is Cc1nc(-c2[c-]cccc2)nn1Cn1nc(-c2[c-]cccc2)nc1C.[Pt+2]. The number of aromatic nitrogens is 6. The van der Waals surface area contributed by atoms with E-state index < -0.39 is 0 Å². The quantitative estimate of drug-likeness (QED) is 0.386. The molecule has 2 aromatic carbocycles. The summed E-state index contributed by atoms with van der Waals surface area (Å²) < 4.78 is 3.63. The molecule has 0 atom stereocenters. The number of aryl methyl sites for hydroxylation is 2. The smallest absolute Gasteiger partial charge is 0.262 e. The zero-order valence-electron chi connectivity index (χ0n) is 14.3. The molecule has 0 aliphatic heterocycles. The van der Waals surface area contributed by atoms with Crippen LogP contribution in [0, 0.1) is 26.0 Å². The van der Waals surface area contributed by atoms with Crippen LogP contribution < -0.4 is 0 Å². The second kappa shape index (κ2) is 7.75. The zero-order valence-corrected chi connectivity index (χ0v) is 16.6. The Morgan fingerprint density at radius 3 is 1.62 bits per heavy atom. The summed E-state index contributed by atoms with van der Waals surface area (Å²) >= 11 is 0. The van der Waals surface area contributed by atoms with E-state index in [0.29, 0.717) is 18.3 Å². The van der Waals surface area contributed by atoms with Crippen molar-refractivity contribution >= 4 is 0 Å². The van der Waals surface area contributed by atoms with Gasteiger partial charge in [-0.3, -0.25) is 9.97 Å². The van der Waals surface area contributed by atoms with Crippen molar-refractivity contribution in [3.63, 3.8) is 0 Å². The third-order valence-corrected chi connectivity index (χ3v) is 3.88. The van der Waals surface area contributed by atoms with Gasteiger partial charge < -0.3 is 0 Å². The van der Waals surface area contributed by atoms with E-state index in [-0.39, 0.29) is 21.1 Å². The van der Waals surface area contributed by atoms with Gasteiger partial charge >= 0.3 is 21.1 Å². The molecule has 0 aliphatic carbocycles. The molecule has 4 rings (SSSR count). The Balaban J connectivity index is 0.00000196. The number of benzene rings is 2. The second-order valence-corrected chi connectivity index (χ2v) is 5.66. The Hall–Kier alpha value is -2.59. The fourth-order valence-corrected chi connectivity index (χ4v) is 2.53. The maximum Gasteiger partial charge on any atom is 2.00 e. The molecule has 4 aromatic rings. The van der Waals surface area contributed by atoms with E-state index in [1.807, 2.05) is 71.7 Å². The number of rotatable bonds is 4. The third kappa shape index (κ3) is 3.65. The van der Waals surface area contributed by atoms with Crippen LogP contribution in [-0.4, -0.2) is 29.5 Å². The number of nitrogens with zero attached hydrogens (tertiary/aromatic N) is 6. The minimum Gasteiger partial charge on any atom is -0.262 e. The summed E-state index contributed by atoms with van der Waals surface area (Å²) in [7, 11) is 0. The molecule has 0 radical (unpaired) electrons. The molecular weight excluding hydrogens is 507 g/mol. The van der Waals surface area contributed by atoms with Crippen molar-refractivity contribution < 1.29 is 21.1 Å². The summed E-state index contributed by atoms with van der Waals surface area (Å²) in [5.74, 6) is 2.95. The van der Waals surface area contributed by atoms with Crippen LogP contribution >= 0.6 is 0 Å². The molecule has 7 heteroatoms. The zero-order chi connectivity index (χ0) is 17.2. The predicted molar refractivity (Wildman–Crippen MR) is 93.5 cm³/mol. The Morgan fingerprint density at radius 1 is 0.769 bits per heavy atom. The molecule has 0 saturated heterocycles. The largest absolute Gasteiger partial charge is 2.00 e. The number of hydrogen-bond donors (Lipinski definition) is 0. The Labute approximate surface area is 166 Å². The van der Waals surface area contributed by atoms with Crippen molar-refractivity contribution in [3.8, 4) is 22.8 Å².